The summed E-state index contributed by atoms with van der Waals surface area (Å²) in [5, 5.41) is 2.29. The van der Waals surface area contributed by atoms with E-state index in [1.54, 1.807) is 45.1 Å². The lowest BCUT2D eigenvalue weighted by Gasteiger charge is -2.33. The molecule has 10 heteroatoms. The Morgan fingerprint density at radius 2 is 1.97 bits per heavy atom. The summed E-state index contributed by atoms with van der Waals surface area (Å²) in [6.45, 7) is 3.07. The average molecular weight is 537 g/mol. The van der Waals surface area contributed by atoms with Crippen LogP contribution in [0.5, 0.6) is 5.88 Å². The van der Waals surface area contributed by atoms with Crippen molar-refractivity contribution < 1.29 is 13.9 Å². The standard InChI is InChI=1S/C28H33FN6O2S/c1-16(30)25(34(2)31)18-13-21-24(32-14-18)23-27(22(38-4)15-33-28(23)36-3)35(21)26(17-9-11-37-12-10-17)19-7-5-6-8-20(19)29/h5-8,13-15,17,26H,9-12,30-31H2,1-4H3/b25-16-/t26-/m0/s1. The molecule has 1 aromatic carbocycles. The Bertz CT molecular complexity index is 1510. The largest absolute Gasteiger partial charge is 0.480 e. The maximum absolute atomic E-state index is 15.6. The molecule has 8 nitrogen and oxygen atoms in total. The first kappa shape index (κ1) is 26.3. The van der Waals surface area contributed by atoms with Gasteiger partial charge in [-0.15, -0.1) is 11.8 Å². The normalized spacial score (nSPS) is 16.1. The van der Waals surface area contributed by atoms with Gasteiger partial charge in [-0.2, -0.15) is 0 Å². The van der Waals surface area contributed by atoms with Gasteiger partial charge in [-0.1, -0.05) is 18.2 Å². The summed E-state index contributed by atoms with van der Waals surface area (Å²) in [6.07, 6.45) is 7.20. The van der Waals surface area contributed by atoms with Gasteiger partial charge in [0.15, 0.2) is 0 Å². The minimum atomic E-state index is -0.308. The van der Waals surface area contributed by atoms with Crippen molar-refractivity contribution in [1.29, 1.82) is 0 Å². The smallest absolute Gasteiger partial charge is 0.224 e. The van der Waals surface area contributed by atoms with Gasteiger partial charge < -0.3 is 24.8 Å². The number of hydrogen-bond donors (Lipinski definition) is 2. The van der Waals surface area contributed by atoms with Gasteiger partial charge in [-0.25, -0.2) is 15.2 Å². The topological polar surface area (TPSA) is 104 Å². The molecule has 0 radical (unpaired) electrons. The summed E-state index contributed by atoms with van der Waals surface area (Å²) < 4.78 is 29.2. The second kappa shape index (κ2) is 10.8. The monoisotopic (exact) mass is 536 g/mol. The van der Waals surface area contributed by atoms with Crippen molar-refractivity contribution in [2.75, 3.05) is 33.6 Å². The molecule has 0 spiro atoms. The number of ether oxygens (including phenoxy) is 2. The number of methoxy groups -OCH3 is 1. The summed E-state index contributed by atoms with van der Waals surface area (Å²) in [5.74, 6) is 6.54. The van der Waals surface area contributed by atoms with E-state index in [1.165, 1.54) is 11.1 Å². The second-order valence-corrected chi connectivity index (χ2v) is 10.4. The molecule has 4 heterocycles. The zero-order chi connectivity index (χ0) is 27.0. The Morgan fingerprint density at radius 3 is 2.61 bits per heavy atom. The van der Waals surface area contributed by atoms with E-state index in [0.717, 1.165) is 45.2 Å². The van der Waals surface area contributed by atoms with E-state index in [-0.39, 0.29) is 17.8 Å². The Kier molecular flexibility index (Phi) is 7.47. The molecule has 0 unspecified atom stereocenters. The van der Waals surface area contributed by atoms with Crippen LogP contribution in [0.1, 0.15) is 36.9 Å². The predicted octanol–water partition coefficient (Wildman–Crippen LogP) is 4.92. The molecule has 38 heavy (non-hydrogen) atoms. The number of fused-ring (bicyclic) bond motifs is 3. The Morgan fingerprint density at radius 1 is 1.24 bits per heavy atom. The summed E-state index contributed by atoms with van der Waals surface area (Å²) in [4.78, 5) is 10.4. The molecule has 1 saturated heterocycles. The summed E-state index contributed by atoms with van der Waals surface area (Å²) in [6, 6.07) is 8.75. The summed E-state index contributed by atoms with van der Waals surface area (Å²) in [5.41, 5.74) is 11.3. The van der Waals surface area contributed by atoms with Crippen LogP contribution in [0.25, 0.3) is 27.6 Å². The fourth-order valence-corrected chi connectivity index (χ4v) is 6.20. The molecule has 4 aromatic rings. The lowest BCUT2D eigenvalue weighted by molar-refractivity contribution is 0.0548. The molecule has 0 bridgehead atoms. The average Bonchev–Trinajstić information content (AvgIpc) is 3.24. The van der Waals surface area contributed by atoms with E-state index in [1.807, 2.05) is 30.7 Å². The van der Waals surface area contributed by atoms with Gasteiger partial charge in [-0.3, -0.25) is 4.98 Å². The van der Waals surface area contributed by atoms with Crippen LogP contribution >= 0.6 is 11.8 Å². The van der Waals surface area contributed by atoms with E-state index in [9.17, 15) is 0 Å². The Labute approximate surface area is 225 Å². The van der Waals surface area contributed by atoms with Crippen LogP contribution in [0.3, 0.4) is 0 Å². The van der Waals surface area contributed by atoms with Crippen molar-refractivity contribution in [2.45, 2.75) is 30.7 Å². The summed E-state index contributed by atoms with van der Waals surface area (Å²) >= 11 is 1.59. The highest BCUT2D eigenvalue weighted by molar-refractivity contribution is 7.98. The van der Waals surface area contributed by atoms with Gasteiger partial charge in [0.2, 0.25) is 5.88 Å². The van der Waals surface area contributed by atoms with Crippen molar-refractivity contribution in [3.8, 4) is 5.88 Å². The number of hydrazine groups is 1. The SMILES string of the molecule is COc1ncc(SC)c2c1c1ncc(/C(=C(\C)N)N(C)N)cc1n2[C@H](c1ccccc1F)C1CCOCC1. The van der Waals surface area contributed by atoms with Gasteiger partial charge in [-0.05, 0) is 44.1 Å². The van der Waals surface area contributed by atoms with Crippen molar-refractivity contribution in [3.05, 3.63) is 65.4 Å². The fourth-order valence-electron chi connectivity index (χ4n) is 5.65. The highest BCUT2D eigenvalue weighted by Crippen LogP contribution is 2.45. The number of aromatic nitrogens is 3. The first-order valence-electron chi connectivity index (χ1n) is 12.5. The Hall–Kier alpha value is -3.34. The van der Waals surface area contributed by atoms with Crippen molar-refractivity contribution in [1.82, 2.24) is 19.5 Å². The van der Waals surface area contributed by atoms with Gasteiger partial charge in [0.1, 0.15) is 11.3 Å². The van der Waals surface area contributed by atoms with E-state index in [2.05, 4.69) is 9.55 Å². The first-order valence-corrected chi connectivity index (χ1v) is 13.8. The number of pyridine rings is 2. The third kappa shape index (κ3) is 4.46. The highest BCUT2D eigenvalue weighted by Gasteiger charge is 2.33. The molecule has 1 aliphatic rings. The molecule has 1 aliphatic heterocycles. The third-order valence-corrected chi connectivity index (χ3v) is 7.95. The van der Waals surface area contributed by atoms with Crippen LogP contribution in [-0.4, -0.2) is 53.2 Å². The first-order chi connectivity index (χ1) is 18.4. The van der Waals surface area contributed by atoms with E-state index < -0.39 is 0 Å². The van der Waals surface area contributed by atoms with Crippen molar-refractivity contribution in [2.24, 2.45) is 17.5 Å². The van der Waals surface area contributed by atoms with Gasteiger partial charge in [0.05, 0.1) is 40.2 Å². The number of rotatable bonds is 7. The lowest BCUT2D eigenvalue weighted by atomic mass is 9.86. The minimum absolute atomic E-state index is 0.139. The molecule has 3 aromatic heterocycles. The third-order valence-electron chi connectivity index (χ3n) is 7.22. The number of allylic oxidation sites excluding steroid dienone is 1. The second-order valence-electron chi connectivity index (χ2n) is 9.58. The fraction of sp³-hybridized carbons (Fsp3) is 0.357. The number of hydrogen-bond acceptors (Lipinski definition) is 8. The maximum Gasteiger partial charge on any atom is 0.224 e. The van der Waals surface area contributed by atoms with Crippen molar-refractivity contribution >= 4 is 39.4 Å². The number of nitrogens with zero attached hydrogens (tertiary/aromatic N) is 4. The van der Waals surface area contributed by atoms with Crippen LogP contribution < -0.4 is 16.3 Å². The molecule has 200 valence electrons. The molecule has 5 rings (SSSR count). The molecule has 1 fully saturated rings. The summed E-state index contributed by atoms with van der Waals surface area (Å²) in [7, 11) is 3.35. The minimum Gasteiger partial charge on any atom is -0.480 e. The number of halogens is 1. The molecule has 4 N–H and O–H groups in total. The van der Waals surface area contributed by atoms with Gasteiger partial charge in [0.25, 0.3) is 0 Å². The van der Waals surface area contributed by atoms with E-state index in [4.69, 9.17) is 26.0 Å². The zero-order valence-corrected chi connectivity index (χ0v) is 22.9. The quantitative estimate of drug-likeness (QED) is 0.195. The molecule has 0 amide bonds. The zero-order valence-electron chi connectivity index (χ0n) is 22.1. The lowest BCUT2D eigenvalue weighted by Crippen LogP contribution is -2.28. The number of nitrogens with two attached hydrogens (primary N) is 2. The molecule has 1 atom stereocenters. The molecule has 0 saturated carbocycles. The molecular weight excluding hydrogens is 503 g/mol. The molecule has 0 aliphatic carbocycles. The predicted molar refractivity (Wildman–Crippen MR) is 150 cm³/mol. The van der Waals surface area contributed by atoms with Crippen molar-refractivity contribution in [3.63, 3.8) is 0 Å². The Balaban J connectivity index is 1.94. The van der Waals surface area contributed by atoms with Crippen LogP contribution in [-0.2, 0) is 4.74 Å². The van der Waals surface area contributed by atoms with Crippen LogP contribution in [0, 0.1) is 11.7 Å². The number of benzene rings is 1. The van der Waals surface area contributed by atoms with Gasteiger partial charge in [0, 0.05) is 49.5 Å². The van der Waals surface area contributed by atoms with Crippen LogP contribution in [0.4, 0.5) is 4.39 Å². The van der Waals surface area contributed by atoms with E-state index in [0.29, 0.717) is 36.1 Å². The molecular formula is C28H33FN6O2S. The highest BCUT2D eigenvalue weighted by atomic mass is 32.2. The maximum atomic E-state index is 15.6. The van der Waals surface area contributed by atoms with Gasteiger partial charge >= 0.3 is 0 Å². The van der Waals surface area contributed by atoms with E-state index >= 15 is 4.39 Å². The van der Waals surface area contributed by atoms with Crippen LogP contribution in [0.2, 0.25) is 0 Å². The van der Waals surface area contributed by atoms with Crippen LogP contribution in [0.15, 0.2) is 53.3 Å². The number of thioether (sulfide) groups is 1.